The van der Waals surface area contributed by atoms with E-state index in [0.29, 0.717) is 37.2 Å². The Labute approximate surface area is 140 Å². The van der Waals surface area contributed by atoms with Crippen LogP contribution in [0, 0.1) is 5.92 Å². The highest BCUT2D eigenvalue weighted by molar-refractivity contribution is 7.92. The number of carboxylic acids is 1. The van der Waals surface area contributed by atoms with Gasteiger partial charge in [0.15, 0.2) is 0 Å². The van der Waals surface area contributed by atoms with Crippen molar-refractivity contribution in [2.75, 3.05) is 30.2 Å². The van der Waals surface area contributed by atoms with Crippen LogP contribution in [-0.2, 0) is 21.2 Å². The number of benzene rings is 1. The number of hydrogen-bond donors (Lipinski definition) is 1. The van der Waals surface area contributed by atoms with Crippen molar-refractivity contribution in [1.82, 2.24) is 4.90 Å². The Bertz CT molecular complexity index is 790. The summed E-state index contributed by atoms with van der Waals surface area (Å²) in [7, 11) is -3.33. The molecule has 7 nitrogen and oxygen atoms in total. The van der Waals surface area contributed by atoms with Crippen LogP contribution < -0.4 is 4.31 Å². The van der Waals surface area contributed by atoms with Crippen LogP contribution in [0.4, 0.5) is 5.69 Å². The molecule has 3 rings (SSSR count). The molecule has 0 bridgehead atoms. The van der Waals surface area contributed by atoms with Gasteiger partial charge in [0.2, 0.25) is 10.0 Å². The van der Waals surface area contributed by atoms with Gasteiger partial charge < -0.3 is 10.0 Å². The second-order valence-electron chi connectivity index (χ2n) is 6.36. The summed E-state index contributed by atoms with van der Waals surface area (Å²) in [4.78, 5) is 25.2. The monoisotopic (exact) mass is 352 g/mol. The van der Waals surface area contributed by atoms with Gasteiger partial charge in [-0.2, -0.15) is 0 Å². The molecule has 1 saturated heterocycles. The Morgan fingerprint density at radius 3 is 2.62 bits per heavy atom. The Hall–Kier alpha value is -2.09. The fourth-order valence-corrected chi connectivity index (χ4v) is 4.37. The van der Waals surface area contributed by atoms with Crippen LogP contribution in [-0.4, -0.2) is 56.2 Å². The lowest BCUT2D eigenvalue weighted by Gasteiger charge is -2.29. The fraction of sp³-hybridized carbons (Fsp3) is 0.500. The van der Waals surface area contributed by atoms with Crippen molar-refractivity contribution in [3.63, 3.8) is 0 Å². The number of likely N-dealkylation sites (tertiary alicyclic amines) is 1. The summed E-state index contributed by atoms with van der Waals surface area (Å²) in [5, 5.41) is 9.05. The summed E-state index contributed by atoms with van der Waals surface area (Å²) in [6, 6.07) is 5.04. The molecule has 2 heterocycles. The first-order valence-corrected chi connectivity index (χ1v) is 9.75. The first kappa shape index (κ1) is 16.8. The normalized spacial score (nSPS) is 20.8. The summed E-state index contributed by atoms with van der Waals surface area (Å²) in [5.41, 5.74) is 1.95. The Morgan fingerprint density at radius 2 is 2.00 bits per heavy atom. The minimum atomic E-state index is -3.33. The zero-order valence-electron chi connectivity index (χ0n) is 13.4. The highest BCUT2D eigenvalue weighted by Gasteiger charge is 2.32. The number of carbonyl (C=O) groups is 2. The first-order valence-electron chi connectivity index (χ1n) is 7.90. The van der Waals surface area contributed by atoms with E-state index < -0.39 is 21.9 Å². The quantitative estimate of drug-likeness (QED) is 0.874. The lowest BCUT2D eigenvalue weighted by atomic mass is 10.0. The molecule has 1 amide bonds. The number of carboxylic acid groups (broad SMARTS) is 1. The van der Waals surface area contributed by atoms with Crippen LogP contribution in [0.2, 0.25) is 0 Å². The number of rotatable bonds is 3. The van der Waals surface area contributed by atoms with Gasteiger partial charge in [-0.15, -0.1) is 0 Å². The molecule has 0 aromatic heterocycles. The maximum atomic E-state index is 12.6. The highest BCUT2D eigenvalue weighted by atomic mass is 32.2. The summed E-state index contributed by atoms with van der Waals surface area (Å²) in [6.45, 7) is 1.11. The van der Waals surface area contributed by atoms with Crippen LogP contribution in [0.25, 0.3) is 0 Å². The molecule has 2 aliphatic rings. The van der Waals surface area contributed by atoms with Crippen LogP contribution in [0.1, 0.15) is 28.8 Å². The molecule has 0 spiro atoms. The first-order chi connectivity index (χ1) is 11.3. The average molecular weight is 352 g/mol. The molecule has 1 fully saturated rings. The van der Waals surface area contributed by atoms with Gasteiger partial charge in [0.05, 0.1) is 17.9 Å². The molecule has 1 atom stereocenters. The number of amides is 1. The van der Waals surface area contributed by atoms with Crippen molar-refractivity contribution in [1.29, 1.82) is 0 Å². The number of nitrogens with zero attached hydrogens (tertiary/aromatic N) is 2. The Morgan fingerprint density at radius 1 is 1.25 bits per heavy atom. The second kappa shape index (κ2) is 6.08. The van der Waals surface area contributed by atoms with E-state index in [0.717, 1.165) is 12.0 Å². The van der Waals surface area contributed by atoms with Crippen molar-refractivity contribution < 1.29 is 23.1 Å². The number of sulfonamides is 1. The van der Waals surface area contributed by atoms with E-state index in [1.807, 2.05) is 0 Å². The van der Waals surface area contributed by atoms with E-state index in [1.54, 1.807) is 23.1 Å². The molecule has 8 heteroatoms. The molecule has 0 radical (unpaired) electrons. The highest BCUT2D eigenvalue weighted by Crippen LogP contribution is 2.30. The molecule has 130 valence electrons. The van der Waals surface area contributed by atoms with Crippen molar-refractivity contribution in [3.05, 3.63) is 29.3 Å². The van der Waals surface area contributed by atoms with E-state index in [4.69, 9.17) is 5.11 Å². The Kier molecular flexibility index (Phi) is 4.25. The maximum absolute atomic E-state index is 12.6. The lowest BCUT2D eigenvalue weighted by molar-refractivity contribution is -0.141. The van der Waals surface area contributed by atoms with Gasteiger partial charge in [0.1, 0.15) is 0 Å². The van der Waals surface area contributed by atoms with Crippen LogP contribution in [0.15, 0.2) is 18.2 Å². The largest absolute Gasteiger partial charge is 0.481 e. The molecule has 24 heavy (non-hydrogen) atoms. The van der Waals surface area contributed by atoms with Crippen molar-refractivity contribution in [2.24, 2.45) is 5.92 Å². The molecular weight excluding hydrogens is 332 g/mol. The third-order valence-corrected chi connectivity index (χ3v) is 5.81. The van der Waals surface area contributed by atoms with E-state index in [-0.39, 0.29) is 12.5 Å². The molecule has 1 aromatic rings. The predicted molar refractivity (Wildman–Crippen MR) is 88.6 cm³/mol. The zero-order valence-corrected chi connectivity index (χ0v) is 14.3. The molecule has 1 aromatic carbocycles. The minimum absolute atomic E-state index is 0.196. The summed E-state index contributed by atoms with van der Waals surface area (Å²) >= 11 is 0. The van der Waals surface area contributed by atoms with Gasteiger partial charge in [0.25, 0.3) is 5.91 Å². The molecular formula is C16H20N2O5S. The standard InChI is InChI=1S/C16H20N2O5S/c1-24(22,23)18-7-2-3-11-9-12(4-5-14(11)18)15(19)17-8-6-13(10-17)16(20)21/h4-5,9,13H,2-3,6-8,10H2,1H3,(H,20,21)/t13-/m0/s1. The SMILES string of the molecule is CS(=O)(=O)N1CCCc2cc(C(=O)N3CC[C@H](C(=O)O)C3)ccc21. The molecule has 0 aliphatic carbocycles. The number of anilines is 1. The fourth-order valence-electron chi connectivity index (χ4n) is 3.37. The van der Waals surface area contributed by atoms with E-state index in [9.17, 15) is 18.0 Å². The topological polar surface area (TPSA) is 95.0 Å². The molecule has 0 unspecified atom stereocenters. The third kappa shape index (κ3) is 3.10. The molecule has 2 aliphatic heterocycles. The number of fused-ring (bicyclic) bond motifs is 1. The van der Waals surface area contributed by atoms with E-state index in [1.165, 1.54) is 10.6 Å². The van der Waals surface area contributed by atoms with Crippen LogP contribution in [0.3, 0.4) is 0 Å². The van der Waals surface area contributed by atoms with Gasteiger partial charge in [-0.1, -0.05) is 0 Å². The number of hydrogen-bond acceptors (Lipinski definition) is 4. The van der Waals surface area contributed by atoms with Crippen LogP contribution >= 0.6 is 0 Å². The molecule has 1 N–H and O–H groups in total. The summed E-state index contributed by atoms with van der Waals surface area (Å²) in [6.07, 6.45) is 3.08. The van der Waals surface area contributed by atoms with Gasteiger partial charge in [0, 0.05) is 25.2 Å². The number of carbonyl (C=O) groups excluding carboxylic acids is 1. The molecule has 0 saturated carbocycles. The smallest absolute Gasteiger partial charge is 0.308 e. The summed E-state index contributed by atoms with van der Waals surface area (Å²) < 4.78 is 25.1. The maximum Gasteiger partial charge on any atom is 0.308 e. The lowest BCUT2D eigenvalue weighted by Crippen LogP contribution is -2.35. The minimum Gasteiger partial charge on any atom is -0.481 e. The van der Waals surface area contributed by atoms with Crippen molar-refractivity contribution in [3.8, 4) is 0 Å². The Balaban J connectivity index is 1.84. The van der Waals surface area contributed by atoms with Gasteiger partial charge in [-0.3, -0.25) is 13.9 Å². The van der Waals surface area contributed by atoms with Gasteiger partial charge >= 0.3 is 5.97 Å². The second-order valence-corrected chi connectivity index (χ2v) is 8.26. The average Bonchev–Trinajstić information content (AvgIpc) is 3.02. The zero-order chi connectivity index (χ0) is 17.5. The third-order valence-electron chi connectivity index (χ3n) is 4.63. The number of aliphatic carboxylic acids is 1. The van der Waals surface area contributed by atoms with E-state index in [2.05, 4.69) is 0 Å². The summed E-state index contributed by atoms with van der Waals surface area (Å²) in [5.74, 6) is -1.58. The van der Waals surface area contributed by atoms with E-state index >= 15 is 0 Å². The number of aryl methyl sites for hydroxylation is 1. The van der Waals surface area contributed by atoms with Crippen molar-refractivity contribution in [2.45, 2.75) is 19.3 Å². The van der Waals surface area contributed by atoms with Gasteiger partial charge in [-0.05, 0) is 43.0 Å². The van der Waals surface area contributed by atoms with Crippen molar-refractivity contribution >= 4 is 27.6 Å². The van der Waals surface area contributed by atoms with Crippen LogP contribution in [0.5, 0.6) is 0 Å². The predicted octanol–water partition coefficient (Wildman–Crippen LogP) is 0.946. The van der Waals surface area contributed by atoms with Gasteiger partial charge in [-0.25, -0.2) is 8.42 Å².